The number of carbonyl (C=O) groups excluding carboxylic acids is 1. The summed E-state index contributed by atoms with van der Waals surface area (Å²) in [5.41, 5.74) is 8.34. The Balaban J connectivity index is 0.00000225. The Kier molecular flexibility index (Phi) is 6.94. The Hall–Kier alpha value is -1.49. The van der Waals surface area contributed by atoms with Gasteiger partial charge in [-0.15, -0.1) is 24.2 Å². The highest BCUT2D eigenvalue weighted by Crippen LogP contribution is 2.31. The summed E-state index contributed by atoms with van der Waals surface area (Å²) in [4.78, 5) is 16.0. The molecule has 134 valence electrons. The van der Waals surface area contributed by atoms with Crippen molar-refractivity contribution in [2.45, 2.75) is 36.0 Å². The molecule has 2 atom stereocenters. The lowest BCUT2D eigenvalue weighted by Gasteiger charge is -2.19. The van der Waals surface area contributed by atoms with Crippen LogP contribution >= 0.6 is 24.2 Å². The lowest BCUT2D eigenvalue weighted by atomic mass is 9.95. The van der Waals surface area contributed by atoms with E-state index in [9.17, 15) is 4.79 Å². The molecule has 25 heavy (non-hydrogen) atoms. The molecule has 1 saturated heterocycles. The highest BCUT2D eigenvalue weighted by Gasteiger charge is 2.34. The van der Waals surface area contributed by atoms with Gasteiger partial charge in [-0.25, -0.2) is 0 Å². The third kappa shape index (κ3) is 4.57. The number of nitrogens with two attached hydrogens (primary N) is 1. The number of nitrogens with zero attached hydrogens (tertiary/aromatic N) is 1. The maximum atomic E-state index is 13.0. The van der Waals surface area contributed by atoms with Crippen LogP contribution < -0.4 is 5.73 Å². The smallest absolute Gasteiger partial charge is 0.255 e. The molecule has 1 aliphatic rings. The van der Waals surface area contributed by atoms with E-state index in [2.05, 4.69) is 26.0 Å². The molecule has 3 rings (SSSR count). The molecule has 2 aromatic rings. The zero-order valence-corrected chi connectivity index (χ0v) is 16.2. The van der Waals surface area contributed by atoms with E-state index in [0.29, 0.717) is 18.3 Å². The standard InChI is InChI=1S/C20H24N2OS.ClH/c1-14(2)24-19-11-7-6-10-16(19)20(23)22-12-17(18(21)13-22)15-8-4-3-5-9-15;/h3-11,14,17-18H,12-13,21H2,1-2H3;1H/t17-,18+;/m0./s1. The molecule has 0 spiro atoms. The minimum atomic E-state index is -0.0127. The molecule has 0 saturated carbocycles. The Morgan fingerprint density at radius 2 is 1.72 bits per heavy atom. The largest absolute Gasteiger partial charge is 0.336 e. The minimum absolute atomic E-state index is 0. The van der Waals surface area contributed by atoms with E-state index >= 15 is 0 Å². The van der Waals surface area contributed by atoms with Crippen molar-refractivity contribution in [2.75, 3.05) is 13.1 Å². The van der Waals surface area contributed by atoms with Crippen molar-refractivity contribution in [2.24, 2.45) is 5.73 Å². The van der Waals surface area contributed by atoms with Gasteiger partial charge in [-0.3, -0.25) is 4.79 Å². The molecule has 1 aliphatic heterocycles. The van der Waals surface area contributed by atoms with Crippen LogP contribution in [0.5, 0.6) is 0 Å². The van der Waals surface area contributed by atoms with Gasteiger partial charge in [0, 0.05) is 35.2 Å². The van der Waals surface area contributed by atoms with E-state index in [1.807, 2.05) is 47.4 Å². The topological polar surface area (TPSA) is 46.3 Å². The van der Waals surface area contributed by atoms with Crippen molar-refractivity contribution >= 4 is 30.1 Å². The molecule has 0 radical (unpaired) electrons. The number of thioether (sulfide) groups is 1. The van der Waals surface area contributed by atoms with Gasteiger partial charge in [-0.1, -0.05) is 56.3 Å². The fraction of sp³-hybridized carbons (Fsp3) is 0.350. The number of rotatable bonds is 4. The van der Waals surface area contributed by atoms with Crippen molar-refractivity contribution < 1.29 is 4.79 Å². The van der Waals surface area contributed by atoms with Gasteiger partial charge in [0.05, 0.1) is 5.56 Å². The van der Waals surface area contributed by atoms with Crippen molar-refractivity contribution in [1.29, 1.82) is 0 Å². The van der Waals surface area contributed by atoms with Gasteiger partial charge in [-0.05, 0) is 17.7 Å². The maximum absolute atomic E-state index is 13.0. The molecular formula is C20H25ClN2OS. The molecule has 1 amide bonds. The summed E-state index contributed by atoms with van der Waals surface area (Å²) in [6.45, 7) is 5.58. The third-order valence-electron chi connectivity index (χ3n) is 4.36. The Bertz CT molecular complexity index is 708. The van der Waals surface area contributed by atoms with Crippen LogP contribution in [0.4, 0.5) is 0 Å². The normalized spacial score (nSPS) is 19.8. The highest BCUT2D eigenvalue weighted by molar-refractivity contribution is 8.00. The molecule has 2 aromatic carbocycles. The first-order chi connectivity index (χ1) is 11.6. The molecule has 5 heteroatoms. The van der Waals surface area contributed by atoms with Gasteiger partial charge in [0.15, 0.2) is 0 Å². The number of likely N-dealkylation sites (tertiary alicyclic amines) is 1. The number of halogens is 1. The summed E-state index contributed by atoms with van der Waals surface area (Å²) >= 11 is 1.73. The molecule has 0 unspecified atom stereocenters. The van der Waals surface area contributed by atoms with Crippen LogP contribution in [0.2, 0.25) is 0 Å². The van der Waals surface area contributed by atoms with Gasteiger partial charge in [0.1, 0.15) is 0 Å². The Morgan fingerprint density at radius 3 is 2.40 bits per heavy atom. The SMILES string of the molecule is CC(C)Sc1ccccc1C(=O)N1C[C@@H](N)[C@H](c2ccccc2)C1.Cl. The van der Waals surface area contributed by atoms with Crippen LogP contribution in [-0.2, 0) is 0 Å². The Morgan fingerprint density at radius 1 is 1.08 bits per heavy atom. The predicted octanol–water partition coefficient (Wildman–Crippen LogP) is 4.18. The minimum Gasteiger partial charge on any atom is -0.336 e. The van der Waals surface area contributed by atoms with E-state index in [1.165, 1.54) is 5.56 Å². The van der Waals surface area contributed by atoms with Gasteiger partial charge >= 0.3 is 0 Å². The van der Waals surface area contributed by atoms with Crippen LogP contribution in [0.3, 0.4) is 0 Å². The molecule has 0 aromatic heterocycles. The zero-order valence-electron chi connectivity index (χ0n) is 14.6. The zero-order chi connectivity index (χ0) is 17.1. The van der Waals surface area contributed by atoms with E-state index < -0.39 is 0 Å². The summed E-state index contributed by atoms with van der Waals surface area (Å²) in [6, 6.07) is 18.1. The molecule has 1 fully saturated rings. The lowest BCUT2D eigenvalue weighted by molar-refractivity contribution is 0.0785. The second-order valence-electron chi connectivity index (χ2n) is 6.55. The fourth-order valence-electron chi connectivity index (χ4n) is 3.22. The van der Waals surface area contributed by atoms with Gasteiger partial charge in [-0.2, -0.15) is 0 Å². The lowest BCUT2D eigenvalue weighted by Crippen LogP contribution is -2.32. The fourth-order valence-corrected chi connectivity index (χ4v) is 4.17. The number of amides is 1. The van der Waals surface area contributed by atoms with Crippen LogP contribution in [-0.4, -0.2) is 35.2 Å². The van der Waals surface area contributed by atoms with E-state index in [0.717, 1.165) is 10.5 Å². The van der Waals surface area contributed by atoms with Crippen LogP contribution in [0, 0.1) is 0 Å². The summed E-state index contributed by atoms with van der Waals surface area (Å²) in [5.74, 6) is 0.299. The average Bonchev–Trinajstić information content (AvgIpc) is 2.97. The summed E-state index contributed by atoms with van der Waals surface area (Å²) in [6.07, 6.45) is 0. The first kappa shape index (κ1) is 19.8. The number of benzene rings is 2. The molecular weight excluding hydrogens is 352 g/mol. The van der Waals surface area contributed by atoms with Crippen LogP contribution in [0.25, 0.3) is 0 Å². The van der Waals surface area contributed by atoms with Gasteiger partial charge in [0.2, 0.25) is 0 Å². The van der Waals surface area contributed by atoms with Crippen LogP contribution in [0.1, 0.15) is 35.7 Å². The summed E-state index contributed by atoms with van der Waals surface area (Å²) in [5, 5.41) is 0.442. The first-order valence-corrected chi connectivity index (χ1v) is 9.29. The summed E-state index contributed by atoms with van der Waals surface area (Å²) in [7, 11) is 0. The van der Waals surface area contributed by atoms with Crippen molar-refractivity contribution in [1.82, 2.24) is 4.90 Å². The van der Waals surface area contributed by atoms with Crippen molar-refractivity contribution in [3.05, 3.63) is 65.7 Å². The monoisotopic (exact) mass is 376 g/mol. The van der Waals surface area contributed by atoms with Crippen molar-refractivity contribution in [3.63, 3.8) is 0 Å². The van der Waals surface area contributed by atoms with Gasteiger partial charge < -0.3 is 10.6 Å². The molecule has 0 aliphatic carbocycles. The molecule has 2 N–H and O–H groups in total. The quantitative estimate of drug-likeness (QED) is 0.814. The predicted molar refractivity (Wildman–Crippen MR) is 108 cm³/mol. The molecule has 0 bridgehead atoms. The molecule has 3 nitrogen and oxygen atoms in total. The second-order valence-corrected chi connectivity index (χ2v) is 8.17. The summed E-state index contributed by atoms with van der Waals surface area (Å²) < 4.78 is 0. The third-order valence-corrected chi connectivity index (χ3v) is 5.44. The number of hydrogen-bond donors (Lipinski definition) is 1. The van der Waals surface area contributed by atoms with E-state index in [4.69, 9.17) is 5.73 Å². The van der Waals surface area contributed by atoms with Crippen molar-refractivity contribution in [3.8, 4) is 0 Å². The van der Waals surface area contributed by atoms with Gasteiger partial charge in [0.25, 0.3) is 5.91 Å². The first-order valence-electron chi connectivity index (χ1n) is 8.41. The van der Waals surface area contributed by atoms with E-state index in [-0.39, 0.29) is 30.3 Å². The maximum Gasteiger partial charge on any atom is 0.255 e. The number of hydrogen-bond acceptors (Lipinski definition) is 3. The molecule has 1 heterocycles. The highest BCUT2D eigenvalue weighted by atomic mass is 35.5. The Labute approximate surface area is 160 Å². The average molecular weight is 377 g/mol. The number of carbonyl (C=O) groups is 1. The van der Waals surface area contributed by atoms with E-state index in [1.54, 1.807) is 11.8 Å². The second kappa shape index (κ2) is 8.75. The van der Waals surface area contributed by atoms with Crippen LogP contribution in [0.15, 0.2) is 59.5 Å².